The molecule has 0 aliphatic heterocycles. The van der Waals surface area contributed by atoms with Crippen LogP contribution in [-0.4, -0.2) is 51.1 Å². The van der Waals surface area contributed by atoms with Crippen molar-refractivity contribution >= 4 is 16.0 Å². The second kappa shape index (κ2) is 6.29. The lowest BCUT2D eigenvalue weighted by atomic mass is 10.2. The number of sulfonamides is 1. The maximum Gasteiger partial charge on any atom is 0.335 e. The molecule has 0 aromatic heterocycles. The smallest absolute Gasteiger partial charge is 0.335 e. The minimum Gasteiger partial charge on any atom is -0.478 e. The fourth-order valence-corrected chi connectivity index (χ4v) is 3.09. The van der Waals surface area contributed by atoms with Crippen molar-refractivity contribution in [1.29, 1.82) is 0 Å². The van der Waals surface area contributed by atoms with Crippen LogP contribution in [-0.2, 0) is 10.0 Å². The van der Waals surface area contributed by atoms with Crippen LogP contribution < -0.4 is 4.72 Å². The molecular weight excluding hydrogens is 287 g/mol. The van der Waals surface area contributed by atoms with Gasteiger partial charge in [-0.15, -0.1) is 0 Å². The van der Waals surface area contributed by atoms with Gasteiger partial charge in [0, 0.05) is 12.6 Å². The predicted molar refractivity (Wildman–Crippen MR) is 71.7 cm³/mol. The zero-order valence-corrected chi connectivity index (χ0v) is 12.2. The fourth-order valence-electron chi connectivity index (χ4n) is 1.76. The highest BCUT2D eigenvalue weighted by atomic mass is 32.2. The van der Waals surface area contributed by atoms with Gasteiger partial charge in [-0.05, 0) is 39.2 Å². The van der Waals surface area contributed by atoms with Gasteiger partial charge in [0.05, 0.1) is 5.56 Å². The number of hydrogen-bond acceptors (Lipinski definition) is 4. The quantitative estimate of drug-likeness (QED) is 0.810. The first-order valence-corrected chi connectivity index (χ1v) is 7.31. The number of benzene rings is 1. The number of rotatable bonds is 6. The highest BCUT2D eigenvalue weighted by Gasteiger charge is 2.23. The molecule has 0 amide bonds. The first kappa shape index (κ1) is 16.5. The van der Waals surface area contributed by atoms with Gasteiger partial charge < -0.3 is 10.0 Å². The molecule has 0 saturated carbocycles. The largest absolute Gasteiger partial charge is 0.478 e. The van der Waals surface area contributed by atoms with Crippen molar-refractivity contribution in [3.63, 3.8) is 0 Å². The number of likely N-dealkylation sites (N-methyl/N-ethyl adjacent to an activating group) is 1. The van der Waals surface area contributed by atoms with Gasteiger partial charge in [0.15, 0.2) is 0 Å². The molecule has 1 aromatic carbocycles. The van der Waals surface area contributed by atoms with Crippen LogP contribution in [0.2, 0.25) is 0 Å². The molecule has 0 saturated heterocycles. The van der Waals surface area contributed by atoms with Crippen molar-refractivity contribution < 1.29 is 22.7 Å². The Labute approximate surface area is 117 Å². The SMILES string of the molecule is CC(CN(C)C)NS(=O)(=O)c1cc(C(=O)O)ccc1F. The summed E-state index contributed by atoms with van der Waals surface area (Å²) >= 11 is 0. The molecule has 20 heavy (non-hydrogen) atoms. The van der Waals surface area contributed by atoms with Gasteiger partial charge in [-0.3, -0.25) is 0 Å². The third-order valence-electron chi connectivity index (χ3n) is 2.46. The molecule has 8 heteroatoms. The van der Waals surface area contributed by atoms with Crippen LogP contribution in [0.1, 0.15) is 17.3 Å². The van der Waals surface area contributed by atoms with E-state index in [1.165, 1.54) is 0 Å². The molecule has 1 aromatic rings. The lowest BCUT2D eigenvalue weighted by Crippen LogP contribution is -2.39. The van der Waals surface area contributed by atoms with Crippen LogP contribution in [0.3, 0.4) is 0 Å². The van der Waals surface area contributed by atoms with Gasteiger partial charge in [0.2, 0.25) is 10.0 Å². The normalized spacial score (nSPS) is 13.4. The lowest BCUT2D eigenvalue weighted by Gasteiger charge is -2.18. The van der Waals surface area contributed by atoms with E-state index in [2.05, 4.69) is 4.72 Å². The Balaban J connectivity index is 3.09. The Bertz CT molecular complexity index is 601. The summed E-state index contributed by atoms with van der Waals surface area (Å²) in [4.78, 5) is 11.9. The molecule has 0 radical (unpaired) electrons. The van der Waals surface area contributed by atoms with E-state index in [1.807, 2.05) is 0 Å². The first-order chi connectivity index (χ1) is 9.13. The highest BCUT2D eigenvalue weighted by molar-refractivity contribution is 7.89. The molecule has 6 nitrogen and oxygen atoms in total. The molecule has 0 aliphatic rings. The van der Waals surface area contributed by atoms with Crippen molar-refractivity contribution in [1.82, 2.24) is 9.62 Å². The summed E-state index contributed by atoms with van der Waals surface area (Å²) in [5.41, 5.74) is -0.285. The number of carboxylic acid groups (broad SMARTS) is 1. The Morgan fingerprint density at radius 1 is 1.45 bits per heavy atom. The van der Waals surface area contributed by atoms with Crippen molar-refractivity contribution in [2.75, 3.05) is 20.6 Å². The van der Waals surface area contributed by atoms with Crippen LogP contribution in [0.15, 0.2) is 23.1 Å². The number of hydrogen-bond donors (Lipinski definition) is 2. The number of carbonyl (C=O) groups is 1. The minimum absolute atomic E-state index is 0.285. The molecule has 112 valence electrons. The third-order valence-corrected chi connectivity index (χ3v) is 4.07. The van der Waals surface area contributed by atoms with Gasteiger partial charge in [0.1, 0.15) is 10.7 Å². The third kappa shape index (κ3) is 4.26. The van der Waals surface area contributed by atoms with E-state index in [-0.39, 0.29) is 5.56 Å². The van der Waals surface area contributed by atoms with Crippen molar-refractivity contribution in [3.05, 3.63) is 29.6 Å². The number of halogens is 1. The first-order valence-electron chi connectivity index (χ1n) is 5.83. The van der Waals surface area contributed by atoms with Crippen molar-refractivity contribution in [2.24, 2.45) is 0 Å². The standard InChI is InChI=1S/C12H17FN2O4S/c1-8(7-15(2)3)14-20(18,19)11-6-9(12(16)17)4-5-10(11)13/h4-6,8,14H,7H2,1-3H3,(H,16,17). The Kier molecular flexibility index (Phi) is 5.21. The average molecular weight is 304 g/mol. The molecular formula is C12H17FN2O4S. The van der Waals surface area contributed by atoms with Crippen LogP contribution in [0.5, 0.6) is 0 Å². The number of carboxylic acids is 1. The van der Waals surface area contributed by atoms with Crippen LogP contribution >= 0.6 is 0 Å². The average Bonchev–Trinajstić information content (AvgIpc) is 2.26. The van der Waals surface area contributed by atoms with Crippen molar-refractivity contribution in [2.45, 2.75) is 17.9 Å². The summed E-state index contributed by atoms with van der Waals surface area (Å²) in [6.07, 6.45) is 0. The predicted octanol–water partition coefficient (Wildman–Crippen LogP) is 0.752. The monoisotopic (exact) mass is 304 g/mol. The Morgan fingerprint density at radius 2 is 2.05 bits per heavy atom. The number of nitrogens with one attached hydrogen (secondary N) is 1. The van der Waals surface area contributed by atoms with Gasteiger partial charge in [-0.25, -0.2) is 22.3 Å². The molecule has 0 heterocycles. The zero-order valence-electron chi connectivity index (χ0n) is 11.4. The fraction of sp³-hybridized carbons (Fsp3) is 0.417. The van der Waals surface area contributed by atoms with Crippen LogP contribution in [0.4, 0.5) is 4.39 Å². The maximum absolute atomic E-state index is 13.6. The summed E-state index contributed by atoms with van der Waals surface area (Å²) < 4.78 is 40.0. The topological polar surface area (TPSA) is 86.7 Å². The minimum atomic E-state index is -4.11. The molecule has 1 rings (SSSR count). The lowest BCUT2D eigenvalue weighted by molar-refractivity contribution is 0.0696. The van der Waals surface area contributed by atoms with Gasteiger partial charge in [0.25, 0.3) is 0 Å². The van der Waals surface area contributed by atoms with Crippen LogP contribution in [0.25, 0.3) is 0 Å². The summed E-state index contributed by atoms with van der Waals surface area (Å²) in [5.74, 6) is -2.30. The molecule has 2 N–H and O–H groups in total. The number of nitrogens with zero attached hydrogens (tertiary/aromatic N) is 1. The van der Waals surface area contributed by atoms with Crippen molar-refractivity contribution in [3.8, 4) is 0 Å². The molecule has 1 atom stereocenters. The summed E-state index contributed by atoms with van der Waals surface area (Å²) in [5, 5.41) is 8.82. The Morgan fingerprint density at radius 3 is 2.55 bits per heavy atom. The van der Waals surface area contributed by atoms with Gasteiger partial charge in [-0.2, -0.15) is 0 Å². The van der Waals surface area contributed by atoms with Gasteiger partial charge >= 0.3 is 5.97 Å². The summed E-state index contributed by atoms with van der Waals surface area (Å²) in [6, 6.07) is 2.21. The number of aromatic carboxylic acids is 1. The van der Waals surface area contributed by atoms with E-state index < -0.39 is 32.7 Å². The van der Waals surface area contributed by atoms with E-state index in [0.717, 1.165) is 18.2 Å². The van der Waals surface area contributed by atoms with Gasteiger partial charge in [-0.1, -0.05) is 0 Å². The zero-order chi connectivity index (χ0) is 15.5. The Hall–Kier alpha value is -1.51. The molecule has 0 spiro atoms. The van der Waals surface area contributed by atoms with Crippen LogP contribution in [0, 0.1) is 5.82 Å². The summed E-state index contributed by atoms with van der Waals surface area (Å²) in [6.45, 7) is 2.07. The second-order valence-electron chi connectivity index (χ2n) is 4.73. The van der Waals surface area contributed by atoms with E-state index in [1.54, 1.807) is 25.9 Å². The van der Waals surface area contributed by atoms with E-state index >= 15 is 0 Å². The van der Waals surface area contributed by atoms with E-state index in [0.29, 0.717) is 6.54 Å². The van der Waals surface area contributed by atoms with E-state index in [9.17, 15) is 17.6 Å². The molecule has 0 fully saturated rings. The molecule has 0 aliphatic carbocycles. The maximum atomic E-state index is 13.6. The summed E-state index contributed by atoms with van der Waals surface area (Å²) in [7, 11) is -0.558. The highest BCUT2D eigenvalue weighted by Crippen LogP contribution is 2.17. The second-order valence-corrected chi connectivity index (χ2v) is 6.42. The molecule has 0 bridgehead atoms. The molecule has 1 unspecified atom stereocenters. The van der Waals surface area contributed by atoms with E-state index in [4.69, 9.17) is 5.11 Å².